The monoisotopic (exact) mass is 436 g/mol. The largest absolute Gasteiger partial charge is 0.366 e. The highest BCUT2D eigenvalue weighted by molar-refractivity contribution is 7.86. The molecule has 0 fully saturated rings. The molecule has 0 rings (SSSR count). The van der Waals surface area contributed by atoms with Gasteiger partial charge in [-0.05, 0) is 6.42 Å². The van der Waals surface area contributed by atoms with Crippen molar-refractivity contribution in [2.45, 2.75) is 135 Å². The standard InChI is InChI=1S/C23H48O5S/c1-2-3-4-5-6-7-8-9-10-11-12-13-14-15-16-17-18-19-20-21-29(26,27)28-22-23(24)25/h23-25H,2-22H2,1H3. The SMILES string of the molecule is CCCCCCCCCCCCCCCCCCCCCS(=O)(=O)OCC(O)O. The third-order valence-electron chi connectivity index (χ3n) is 5.39. The van der Waals surface area contributed by atoms with E-state index in [0.717, 1.165) is 19.3 Å². The fraction of sp³-hybridized carbons (Fsp3) is 1.00. The van der Waals surface area contributed by atoms with E-state index >= 15 is 0 Å². The molecule has 0 spiro atoms. The van der Waals surface area contributed by atoms with Crippen LogP contribution in [0.1, 0.15) is 129 Å². The molecule has 176 valence electrons. The molecule has 0 aromatic carbocycles. The molecule has 0 atom stereocenters. The Morgan fingerprint density at radius 1 is 0.586 bits per heavy atom. The second-order valence-electron chi connectivity index (χ2n) is 8.39. The summed E-state index contributed by atoms with van der Waals surface area (Å²) in [7, 11) is -3.62. The molecule has 5 nitrogen and oxygen atoms in total. The Hall–Kier alpha value is -0.170. The molecular formula is C23H48O5S. The molecule has 0 bridgehead atoms. The number of rotatable bonds is 23. The number of hydrogen-bond acceptors (Lipinski definition) is 5. The highest BCUT2D eigenvalue weighted by Gasteiger charge is 2.12. The Labute approximate surface area is 180 Å². The molecule has 0 radical (unpaired) electrons. The van der Waals surface area contributed by atoms with Crippen LogP contribution in [0.25, 0.3) is 0 Å². The first-order valence-electron chi connectivity index (χ1n) is 12.2. The van der Waals surface area contributed by atoms with Crippen LogP contribution in [0.3, 0.4) is 0 Å². The summed E-state index contributed by atoms with van der Waals surface area (Å²) in [4.78, 5) is 0. The molecule has 0 amide bonds. The van der Waals surface area contributed by atoms with Gasteiger partial charge < -0.3 is 10.2 Å². The Morgan fingerprint density at radius 3 is 1.21 bits per heavy atom. The maximum absolute atomic E-state index is 11.5. The minimum atomic E-state index is -3.62. The van der Waals surface area contributed by atoms with E-state index in [0.29, 0.717) is 6.42 Å². The lowest BCUT2D eigenvalue weighted by molar-refractivity contribution is -0.0668. The second-order valence-corrected chi connectivity index (χ2v) is 10.2. The first-order valence-corrected chi connectivity index (χ1v) is 13.8. The number of unbranched alkanes of at least 4 members (excludes halogenated alkanes) is 18. The third-order valence-corrected chi connectivity index (χ3v) is 6.68. The number of hydrogen-bond donors (Lipinski definition) is 2. The van der Waals surface area contributed by atoms with Crippen molar-refractivity contribution < 1.29 is 22.8 Å². The van der Waals surface area contributed by atoms with Crippen LogP contribution < -0.4 is 0 Å². The van der Waals surface area contributed by atoms with Gasteiger partial charge in [0.1, 0.15) is 6.61 Å². The van der Waals surface area contributed by atoms with Gasteiger partial charge in [-0.25, -0.2) is 0 Å². The summed E-state index contributed by atoms with van der Waals surface area (Å²) in [5, 5.41) is 17.2. The van der Waals surface area contributed by atoms with E-state index in [1.54, 1.807) is 0 Å². The lowest BCUT2D eigenvalue weighted by Gasteiger charge is -2.06. The van der Waals surface area contributed by atoms with Gasteiger partial charge in [0.25, 0.3) is 10.1 Å². The first kappa shape index (κ1) is 28.8. The van der Waals surface area contributed by atoms with Crippen molar-refractivity contribution in [1.82, 2.24) is 0 Å². The van der Waals surface area contributed by atoms with Crippen molar-refractivity contribution in [2.75, 3.05) is 12.4 Å². The van der Waals surface area contributed by atoms with Gasteiger partial charge in [-0.1, -0.05) is 122 Å². The maximum Gasteiger partial charge on any atom is 0.267 e. The summed E-state index contributed by atoms with van der Waals surface area (Å²) >= 11 is 0. The molecule has 0 unspecified atom stereocenters. The van der Waals surface area contributed by atoms with Crippen molar-refractivity contribution in [3.8, 4) is 0 Å². The van der Waals surface area contributed by atoms with Crippen LogP contribution in [-0.2, 0) is 14.3 Å². The maximum atomic E-state index is 11.5. The third kappa shape index (κ3) is 24.0. The Kier molecular flexibility index (Phi) is 21.0. The molecule has 0 saturated carbocycles. The summed E-state index contributed by atoms with van der Waals surface area (Å²) in [6.45, 7) is 1.69. The molecule has 0 aliphatic heterocycles. The molecule has 29 heavy (non-hydrogen) atoms. The zero-order valence-corrected chi connectivity index (χ0v) is 19.8. The predicted octanol–water partition coefficient (Wildman–Crippen LogP) is 6.08. The predicted molar refractivity (Wildman–Crippen MR) is 121 cm³/mol. The fourth-order valence-corrected chi connectivity index (χ4v) is 4.59. The van der Waals surface area contributed by atoms with E-state index in [1.807, 2.05) is 0 Å². The fourth-order valence-electron chi connectivity index (χ4n) is 3.58. The lowest BCUT2D eigenvalue weighted by atomic mass is 10.0. The normalized spacial score (nSPS) is 12.1. The summed E-state index contributed by atoms with van der Waals surface area (Å²) < 4.78 is 27.4. The Bertz CT molecular complexity index is 423. The van der Waals surface area contributed by atoms with Gasteiger partial charge in [0, 0.05) is 0 Å². The van der Waals surface area contributed by atoms with Crippen LogP contribution in [0.2, 0.25) is 0 Å². The zero-order chi connectivity index (χ0) is 21.6. The molecule has 0 aliphatic rings. The molecule has 0 aromatic heterocycles. The quantitative estimate of drug-likeness (QED) is 0.115. The van der Waals surface area contributed by atoms with Crippen LogP contribution in [0.4, 0.5) is 0 Å². The van der Waals surface area contributed by atoms with Crippen molar-refractivity contribution in [3.05, 3.63) is 0 Å². The Balaban J connectivity index is 3.19. The van der Waals surface area contributed by atoms with Crippen LogP contribution in [0.5, 0.6) is 0 Å². The van der Waals surface area contributed by atoms with Gasteiger partial charge in [0.2, 0.25) is 0 Å². The molecule has 0 aromatic rings. The summed E-state index contributed by atoms with van der Waals surface area (Å²) in [5.41, 5.74) is 0. The number of aliphatic hydroxyl groups excluding tert-OH is 1. The summed E-state index contributed by atoms with van der Waals surface area (Å²) in [6.07, 6.45) is 22.5. The van der Waals surface area contributed by atoms with Gasteiger partial charge in [0.15, 0.2) is 6.29 Å². The Morgan fingerprint density at radius 2 is 0.897 bits per heavy atom. The summed E-state index contributed by atoms with van der Waals surface area (Å²) in [6, 6.07) is 0. The molecular weight excluding hydrogens is 388 g/mol. The minimum absolute atomic E-state index is 0.0431. The van der Waals surface area contributed by atoms with E-state index in [2.05, 4.69) is 11.1 Å². The molecule has 0 heterocycles. The summed E-state index contributed by atoms with van der Waals surface area (Å²) in [5.74, 6) is -0.0431. The van der Waals surface area contributed by atoms with E-state index in [1.165, 1.54) is 96.3 Å². The van der Waals surface area contributed by atoms with E-state index < -0.39 is 23.0 Å². The van der Waals surface area contributed by atoms with E-state index in [4.69, 9.17) is 10.2 Å². The van der Waals surface area contributed by atoms with Crippen molar-refractivity contribution in [2.24, 2.45) is 0 Å². The average molecular weight is 437 g/mol. The van der Waals surface area contributed by atoms with Crippen LogP contribution >= 0.6 is 0 Å². The van der Waals surface area contributed by atoms with Gasteiger partial charge in [-0.15, -0.1) is 0 Å². The van der Waals surface area contributed by atoms with Crippen molar-refractivity contribution >= 4 is 10.1 Å². The highest BCUT2D eigenvalue weighted by Crippen LogP contribution is 2.14. The van der Waals surface area contributed by atoms with Crippen LogP contribution in [0.15, 0.2) is 0 Å². The van der Waals surface area contributed by atoms with Gasteiger partial charge in [-0.3, -0.25) is 4.18 Å². The number of aliphatic hydroxyl groups is 2. The second kappa shape index (κ2) is 21.1. The molecule has 2 N–H and O–H groups in total. The van der Waals surface area contributed by atoms with E-state index in [9.17, 15) is 8.42 Å². The van der Waals surface area contributed by atoms with Crippen molar-refractivity contribution in [3.63, 3.8) is 0 Å². The zero-order valence-electron chi connectivity index (χ0n) is 19.0. The lowest BCUT2D eigenvalue weighted by Crippen LogP contribution is -2.19. The average Bonchev–Trinajstić information content (AvgIpc) is 2.68. The van der Waals surface area contributed by atoms with E-state index in [-0.39, 0.29) is 5.75 Å². The first-order chi connectivity index (χ1) is 14.0. The smallest absolute Gasteiger partial charge is 0.267 e. The molecule has 0 saturated heterocycles. The highest BCUT2D eigenvalue weighted by atomic mass is 32.2. The van der Waals surface area contributed by atoms with Crippen LogP contribution in [-0.4, -0.2) is 37.3 Å². The molecule has 0 aliphatic carbocycles. The van der Waals surface area contributed by atoms with Crippen molar-refractivity contribution in [1.29, 1.82) is 0 Å². The van der Waals surface area contributed by atoms with Gasteiger partial charge >= 0.3 is 0 Å². The van der Waals surface area contributed by atoms with Crippen LogP contribution in [0, 0.1) is 0 Å². The van der Waals surface area contributed by atoms with Gasteiger partial charge in [0.05, 0.1) is 5.75 Å². The van der Waals surface area contributed by atoms with Gasteiger partial charge in [-0.2, -0.15) is 8.42 Å². The minimum Gasteiger partial charge on any atom is -0.366 e. The molecule has 6 heteroatoms. The topological polar surface area (TPSA) is 83.8 Å².